The van der Waals surface area contributed by atoms with Crippen molar-refractivity contribution in [3.63, 3.8) is 0 Å². The average Bonchev–Trinajstić information content (AvgIpc) is 3.76. The van der Waals surface area contributed by atoms with Crippen LogP contribution in [0.15, 0.2) is 117 Å². The van der Waals surface area contributed by atoms with E-state index in [2.05, 4.69) is 32.2 Å². The maximum Gasteiger partial charge on any atom is 0.217 e. The second-order valence-corrected chi connectivity index (χ2v) is 8.90. The Morgan fingerprint density at radius 2 is 1.48 bits per heavy atom. The first-order valence-electron chi connectivity index (χ1n) is 12.2. The van der Waals surface area contributed by atoms with Gasteiger partial charge in [-0.2, -0.15) is 5.26 Å². The Kier molecular flexibility index (Phi) is 6.77. The van der Waals surface area contributed by atoms with Crippen LogP contribution in [0.5, 0.6) is 0 Å². The van der Waals surface area contributed by atoms with Crippen molar-refractivity contribution in [3.8, 4) is 40.2 Å². The Morgan fingerprint density at radius 1 is 0.750 bits per heavy atom. The van der Waals surface area contributed by atoms with Gasteiger partial charge in [-0.05, 0) is 60.7 Å². The van der Waals surface area contributed by atoms with Crippen molar-refractivity contribution in [3.05, 3.63) is 109 Å². The Morgan fingerprint density at radius 3 is 2.15 bits per heavy atom. The predicted molar refractivity (Wildman–Crippen MR) is 156 cm³/mol. The second-order valence-electron chi connectivity index (χ2n) is 8.50. The van der Waals surface area contributed by atoms with E-state index in [0.717, 1.165) is 11.3 Å². The molecule has 0 bridgehead atoms. The summed E-state index contributed by atoms with van der Waals surface area (Å²) < 4.78 is 17.3. The SMILES string of the molecule is N#Cc1c(Nc2ccccc2NC(=S)Nc2ccc(-c3ccccc3)nn2)oc(-c2ccco2)c1-c1ccco1. The van der Waals surface area contributed by atoms with Crippen molar-refractivity contribution in [2.75, 3.05) is 16.0 Å². The van der Waals surface area contributed by atoms with Crippen molar-refractivity contribution < 1.29 is 13.3 Å². The van der Waals surface area contributed by atoms with Gasteiger partial charge in [0.1, 0.15) is 17.4 Å². The van der Waals surface area contributed by atoms with Gasteiger partial charge in [-0.3, -0.25) is 0 Å². The second kappa shape index (κ2) is 11.0. The highest BCUT2D eigenvalue weighted by Crippen LogP contribution is 2.43. The van der Waals surface area contributed by atoms with Gasteiger partial charge in [0, 0.05) is 5.56 Å². The molecular formula is C30H20N6O3S. The number of benzene rings is 2. The van der Waals surface area contributed by atoms with Crippen LogP contribution in [0, 0.1) is 11.3 Å². The first-order valence-corrected chi connectivity index (χ1v) is 12.6. The fourth-order valence-electron chi connectivity index (χ4n) is 4.12. The van der Waals surface area contributed by atoms with Gasteiger partial charge < -0.3 is 29.2 Å². The first-order chi connectivity index (χ1) is 19.7. The van der Waals surface area contributed by atoms with Gasteiger partial charge in [0.2, 0.25) is 5.88 Å². The number of hydrogen-bond acceptors (Lipinski definition) is 8. The molecule has 0 unspecified atom stereocenters. The third-order valence-electron chi connectivity index (χ3n) is 5.93. The Bertz CT molecular complexity index is 1790. The van der Waals surface area contributed by atoms with Crippen LogP contribution in [0.3, 0.4) is 0 Å². The standard InChI is InChI=1S/C30H20N6O3S/c31-18-20-27(24-12-6-16-37-24)28(25-13-7-17-38-25)39-29(20)32-22-10-4-5-11-23(22)33-30(40)34-26-15-14-21(35-36-26)19-8-2-1-3-9-19/h1-17,32H,(H2,33,34,36,40). The zero-order valence-electron chi connectivity index (χ0n) is 20.8. The third kappa shape index (κ3) is 5.05. The van der Waals surface area contributed by atoms with Crippen molar-refractivity contribution in [2.24, 2.45) is 0 Å². The Labute approximate surface area is 234 Å². The van der Waals surface area contributed by atoms with Gasteiger partial charge in [-0.1, -0.05) is 42.5 Å². The zero-order valence-corrected chi connectivity index (χ0v) is 21.6. The normalized spacial score (nSPS) is 10.6. The molecule has 0 fully saturated rings. The molecule has 0 aliphatic rings. The van der Waals surface area contributed by atoms with E-state index in [-0.39, 0.29) is 11.4 Å². The minimum atomic E-state index is 0.232. The summed E-state index contributed by atoms with van der Waals surface area (Å²) in [5.41, 5.74) is 3.76. The summed E-state index contributed by atoms with van der Waals surface area (Å²) in [4.78, 5) is 0. The largest absolute Gasteiger partial charge is 0.464 e. The van der Waals surface area contributed by atoms with Gasteiger partial charge in [0.15, 0.2) is 22.5 Å². The monoisotopic (exact) mass is 544 g/mol. The number of anilines is 4. The molecule has 0 atom stereocenters. The van der Waals surface area contributed by atoms with Crippen LogP contribution < -0.4 is 16.0 Å². The van der Waals surface area contributed by atoms with Crippen molar-refractivity contribution >= 4 is 40.4 Å². The molecule has 9 nitrogen and oxygen atoms in total. The molecule has 0 radical (unpaired) electrons. The molecule has 6 rings (SSSR count). The molecule has 0 saturated heterocycles. The molecule has 4 heterocycles. The highest BCUT2D eigenvalue weighted by Gasteiger charge is 2.26. The molecule has 0 aliphatic carbocycles. The van der Waals surface area contributed by atoms with Crippen LogP contribution in [-0.2, 0) is 0 Å². The highest BCUT2D eigenvalue weighted by molar-refractivity contribution is 7.80. The van der Waals surface area contributed by atoms with Crippen LogP contribution in [0.25, 0.3) is 34.1 Å². The van der Waals surface area contributed by atoms with Crippen LogP contribution in [0.4, 0.5) is 23.1 Å². The quantitative estimate of drug-likeness (QED) is 0.172. The first kappa shape index (κ1) is 24.7. The number of furan rings is 3. The molecule has 0 spiro atoms. The van der Waals surface area contributed by atoms with Crippen LogP contribution >= 0.6 is 12.2 Å². The lowest BCUT2D eigenvalue weighted by Crippen LogP contribution is -2.20. The van der Waals surface area contributed by atoms with Crippen LogP contribution in [0.2, 0.25) is 0 Å². The number of nitrogens with zero attached hydrogens (tertiary/aromatic N) is 3. The molecule has 0 saturated carbocycles. The number of nitriles is 1. The van der Waals surface area contributed by atoms with Crippen LogP contribution in [-0.4, -0.2) is 15.3 Å². The average molecular weight is 545 g/mol. The van der Waals surface area contributed by atoms with Crippen molar-refractivity contribution in [1.29, 1.82) is 5.26 Å². The van der Waals surface area contributed by atoms with Gasteiger partial charge in [-0.25, -0.2) is 0 Å². The molecule has 4 aromatic heterocycles. The van der Waals surface area contributed by atoms with Crippen LogP contribution in [0.1, 0.15) is 5.56 Å². The van der Waals surface area contributed by atoms with Gasteiger partial charge in [0.25, 0.3) is 0 Å². The molecule has 0 amide bonds. The van der Waals surface area contributed by atoms with E-state index in [1.165, 1.54) is 12.5 Å². The molecule has 0 aliphatic heterocycles. The molecule has 194 valence electrons. The van der Waals surface area contributed by atoms with Crippen molar-refractivity contribution in [1.82, 2.24) is 10.2 Å². The Hall–Kier alpha value is -5.66. The number of hydrogen-bond donors (Lipinski definition) is 3. The molecular weight excluding hydrogens is 524 g/mol. The fourth-order valence-corrected chi connectivity index (χ4v) is 4.33. The summed E-state index contributed by atoms with van der Waals surface area (Å²) in [5, 5.41) is 28.3. The van der Waals surface area contributed by atoms with Gasteiger partial charge >= 0.3 is 0 Å². The summed E-state index contributed by atoms with van der Waals surface area (Å²) in [6.07, 6.45) is 3.07. The summed E-state index contributed by atoms with van der Waals surface area (Å²) in [6, 6.07) is 30.1. The number of para-hydroxylation sites is 2. The molecule has 6 aromatic rings. The van der Waals surface area contributed by atoms with E-state index in [1.807, 2.05) is 66.7 Å². The smallest absolute Gasteiger partial charge is 0.217 e. The zero-order chi connectivity index (χ0) is 27.3. The van der Waals surface area contributed by atoms with Crippen molar-refractivity contribution in [2.45, 2.75) is 0 Å². The topological polar surface area (TPSA) is 125 Å². The Balaban J connectivity index is 1.24. The van der Waals surface area contributed by atoms with Gasteiger partial charge in [0.05, 0.1) is 35.2 Å². The molecule has 40 heavy (non-hydrogen) atoms. The van der Waals surface area contributed by atoms with E-state index >= 15 is 0 Å². The lowest BCUT2D eigenvalue weighted by Gasteiger charge is -2.14. The van der Waals surface area contributed by atoms with E-state index in [9.17, 15) is 5.26 Å². The van der Waals surface area contributed by atoms with E-state index in [4.69, 9.17) is 25.5 Å². The lowest BCUT2D eigenvalue weighted by atomic mass is 10.1. The predicted octanol–water partition coefficient (Wildman–Crippen LogP) is 7.68. The maximum atomic E-state index is 10.1. The molecule has 3 N–H and O–H groups in total. The maximum absolute atomic E-state index is 10.1. The summed E-state index contributed by atoms with van der Waals surface area (Å²) in [7, 11) is 0. The minimum Gasteiger partial charge on any atom is -0.464 e. The summed E-state index contributed by atoms with van der Waals surface area (Å²) >= 11 is 5.53. The fraction of sp³-hybridized carbons (Fsp3) is 0. The van der Waals surface area contributed by atoms with E-state index in [1.54, 1.807) is 24.3 Å². The third-order valence-corrected chi connectivity index (χ3v) is 6.14. The highest BCUT2D eigenvalue weighted by atomic mass is 32.1. The van der Waals surface area contributed by atoms with E-state index in [0.29, 0.717) is 45.1 Å². The number of aromatic nitrogens is 2. The van der Waals surface area contributed by atoms with Gasteiger partial charge in [-0.15, -0.1) is 10.2 Å². The van der Waals surface area contributed by atoms with E-state index < -0.39 is 0 Å². The molecule has 2 aromatic carbocycles. The number of rotatable bonds is 7. The number of thiocarbonyl (C=S) groups is 1. The summed E-state index contributed by atoms with van der Waals surface area (Å²) in [5.74, 6) is 2.05. The minimum absolute atomic E-state index is 0.232. The number of nitrogens with one attached hydrogen (secondary N) is 3. The molecule has 10 heteroatoms. The summed E-state index contributed by atoms with van der Waals surface area (Å²) in [6.45, 7) is 0. The lowest BCUT2D eigenvalue weighted by molar-refractivity contribution is 0.530.